The molecule has 0 unspecified atom stereocenters. The number of aryl methyl sites for hydroxylation is 3. The summed E-state index contributed by atoms with van der Waals surface area (Å²) in [5, 5.41) is 2.64. The SMILES string of the molecule is CC[C@@H](C(=O)NC)N(CCc1ccccc1)C(=O)CN(c1ccc(C)c(C)c1)S(=O)(=O)c1ccc(C)cc1. The average molecular weight is 536 g/mol. The lowest BCUT2D eigenvalue weighted by Crippen LogP contribution is -2.52. The molecule has 0 aliphatic carbocycles. The number of nitrogens with one attached hydrogen (secondary N) is 1. The summed E-state index contributed by atoms with van der Waals surface area (Å²) in [5.41, 5.74) is 4.29. The van der Waals surface area contributed by atoms with E-state index in [2.05, 4.69) is 5.32 Å². The Morgan fingerprint density at radius 2 is 1.55 bits per heavy atom. The van der Waals surface area contributed by atoms with Crippen molar-refractivity contribution in [3.05, 3.63) is 95.1 Å². The molecule has 0 saturated carbocycles. The lowest BCUT2D eigenvalue weighted by molar-refractivity contribution is -0.139. The van der Waals surface area contributed by atoms with E-state index in [1.165, 1.54) is 11.9 Å². The van der Waals surface area contributed by atoms with Gasteiger partial charge in [0.05, 0.1) is 10.6 Å². The molecule has 0 aliphatic heterocycles. The van der Waals surface area contributed by atoms with E-state index in [1.54, 1.807) is 36.4 Å². The van der Waals surface area contributed by atoms with Crippen molar-refractivity contribution in [2.24, 2.45) is 0 Å². The van der Waals surface area contributed by atoms with Crippen LogP contribution in [0.15, 0.2) is 77.7 Å². The third kappa shape index (κ3) is 6.81. The number of benzene rings is 3. The Labute approximate surface area is 226 Å². The van der Waals surface area contributed by atoms with Crippen molar-refractivity contribution in [1.29, 1.82) is 0 Å². The Morgan fingerprint density at radius 1 is 0.895 bits per heavy atom. The van der Waals surface area contributed by atoms with Crippen LogP contribution in [-0.2, 0) is 26.0 Å². The number of hydrogen-bond acceptors (Lipinski definition) is 4. The predicted octanol–water partition coefficient (Wildman–Crippen LogP) is 4.40. The zero-order chi connectivity index (χ0) is 27.9. The van der Waals surface area contributed by atoms with E-state index in [-0.39, 0.29) is 17.3 Å². The number of likely N-dealkylation sites (N-methyl/N-ethyl adjacent to an activating group) is 1. The van der Waals surface area contributed by atoms with Crippen molar-refractivity contribution in [2.75, 3.05) is 24.4 Å². The first kappa shape index (κ1) is 28.9. The smallest absolute Gasteiger partial charge is 0.264 e. The Bertz CT molecular complexity index is 1360. The normalized spacial score (nSPS) is 12.0. The topological polar surface area (TPSA) is 86.8 Å². The van der Waals surface area contributed by atoms with Gasteiger partial charge in [-0.05, 0) is 74.6 Å². The highest BCUT2D eigenvalue weighted by Gasteiger charge is 2.33. The predicted molar refractivity (Wildman–Crippen MR) is 152 cm³/mol. The number of anilines is 1. The summed E-state index contributed by atoms with van der Waals surface area (Å²) < 4.78 is 28.9. The summed E-state index contributed by atoms with van der Waals surface area (Å²) >= 11 is 0. The van der Waals surface area contributed by atoms with Crippen LogP contribution < -0.4 is 9.62 Å². The second-order valence-electron chi connectivity index (χ2n) is 9.45. The van der Waals surface area contributed by atoms with Crippen LogP contribution in [0.4, 0.5) is 5.69 Å². The van der Waals surface area contributed by atoms with Gasteiger partial charge in [0.2, 0.25) is 11.8 Å². The van der Waals surface area contributed by atoms with Crippen LogP contribution in [-0.4, -0.2) is 51.3 Å². The standard InChI is InChI=1S/C30H37N3O4S/c1-6-28(30(35)31-5)32(19-18-25-10-8-7-9-11-25)29(34)21-33(26-15-14-23(3)24(4)20-26)38(36,37)27-16-12-22(2)13-17-27/h7-17,20,28H,6,18-19,21H2,1-5H3,(H,31,35)/t28-/m0/s1. The van der Waals surface area contributed by atoms with E-state index >= 15 is 0 Å². The van der Waals surface area contributed by atoms with Gasteiger partial charge in [-0.25, -0.2) is 8.42 Å². The Kier molecular flexibility index (Phi) is 9.69. The monoisotopic (exact) mass is 535 g/mol. The first-order valence-corrected chi connectivity index (χ1v) is 14.2. The van der Waals surface area contributed by atoms with Gasteiger partial charge >= 0.3 is 0 Å². The van der Waals surface area contributed by atoms with E-state index in [9.17, 15) is 18.0 Å². The molecule has 0 spiro atoms. The van der Waals surface area contributed by atoms with E-state index in [1.807, 2.05) is 64.1 Å². The molecule has 202 valence electrons. The minimum atomic E-state index is -4.07. The molecule has 0 aromatic heterocycles. The second-order valence-corrected chi connectivity index (χ2v) is 11.3. The molecular weight excluding hydrogens is 498 g/mol. The van der Waals surface area contributed by atoms with Gasteiger partial charge in [-0.3, -0.25) is 13.9 Å². The molecular formula is C30H37N3O4S. The number of carbonyl (C=O) groups excluding carboxylic acids is 2. The van der Waals surface area contributed by atoms with Gasteiger partial charge in [-0.15, -0.1) is 0 Å². The van der Waals surface area contributed by atoms with Gasteiger partial charge in [0, 0.05) is 13.6 Å². The van der Waals surface area contributed by atoms with Crippen molar-refractivity contribution in [1.82, 2.24) is 10.2 Å². The van der Waals surface area contributed by atoms with E-state index in [0.717, 1.165) is 26.6 Å². The highest BCUT2D eigenvalue weighted by Crippen LogP contribution is 2.26. The van der Waals surface area contributed by atoms with Crippen molar-refractivity contribution >= 4 is 27.5 Å². The van der Waals surface area contributed by atoms with Gasteiger partial charge in [-0.1, -0.05) is 61.0 Å². The molecule has 7 nitrogen and oxygen atoms in total. The molecule has 8 heteroatoms. The Morgan fingerprint density at radius 3 is 2.13 bits per heavy atom. The maximum atomic E-state index is 13.9. The fourth-order valence-corrected chi connectivity index (χ4v) is 5.72. The number of rotatable bonds is 11. The number of hydrogen-bond donors (Lipinski definition) is 1. The van der Waals surface area contributed by atoms with E-state index in [0.29, 0.717) is 18.5 Å². The lowest BCUT2D eigenvalue weighted by Gasteiger charge is -2.33. The average Bonchev–Trinajstić information content (AvgIpc) is 2.91. The van der Waals surface area contributed by atoms with Crippen LogP contribution in [0, 0.1) is 20.8 Å². The maximum Gasteiger partial charge on any atom is 0.264 e. The number of carbonyl (C=O) groups is 2. The molecule has 0 aliphatic rings. The zero-order valence-corrected chi connectivity index (χ0v) is 23.6. The molecule has 2 amide bonds. The lowest BCUT2D eigenvalue weighted by atomic mass is 10.1. The number of amides is 2. The molecule has 0 radical (unpaired) electrons. The zero-order valence-electron chi connectivity index (χ0n) is 22.8. The summed E-state index contributed by atoms with van der Waals surface area (Å²) in [7, 11) is -2.53. The molecule has 0 heterocycles. The molecule has 0 bridgehead atoms. The van der Waals surface area contributed by atoms with Gasteiger partial charge in [-0.2, -0.15) is 0 Å². The molecule has 0 saturated heterocycles. The van der Waals surface area contributed by atoms with Crippen LogP contribution in [0.25, 0.3) is 0 Å². The molecule has 1 atom stereocenters. The third-order valence-electron chi connectivity index (χ3n) is 6.78. The summed E-state index contributed by atoms with van der Waals surface area (Å²) in [6, 6.07) is 20.9. The Balaban J connectivity index is 2.03. The molecule has 3 rings (SSSR count). The van der Waals surface area contributed by atoms with Gasteiger partial charge in [0.1, 0.15) is 12.6 Å². The van der Waals surface area contributed by atoms with Gasteiger partial charge in [0.15, 0.2) is 0 Å². The maximum absolute atomic E-state index is 13.9. The van der Waals surface area contributed by atoms with Crippen molar-refractivity contribution in [3.63, 3.8) is 0 Å². The molecule has 38 heavy (non-hydrogen) atoms. The largest absolute Gasteiger partial charge is 0.357 e. The van der Waals surface area contributed by atoms with Crippen molar-refractivity contribution < 1.29 is 18.0 Å². The minimum absolute atomic E-state index is 0.100. The van der Waals surface area contributed by atoms with Crippen molar-refractivity contribution in [3.8, 4) is 0 Å². The van der Waals surface area contributed by atoms with E-state index in [4.69, 9.17) is 0 Å². The van der Waals surface area contributed by atoms with Crippen molar-refractivity contribution in [2.45, 2.75) is 51.5 Å². The molecule has 1 N–H and O–H groups in total. The number of sulfonamides is 1. The minimum Gasteiger partial charge on any atom is -0.357 e. The van der Waals surface area contributed by atoms with Gasteiger partial charge < -0.3 is 10.2 Å². The third-order valence-corrected chi connectivity index (χ3v) is 8.57. The summed E-state index contributed by atoms with van der Waals surface area (Å²) in [6.45, 7) is 7.43. The highest BCUT2D eigenvalue weighted by molar-refractivity contribution is 7.92. The fraction of sp³-hybridized carbons (Fsp3) is 0.333. The van der Waals surface area contributed by atoms with E-state index < -0.39 is 28.5 Å². The Hall–Kier alpha value is -3.65. The van der Waals surface area contributed by atoms with Crippen LogP contribution in [0.2, 0.25) is 0 Å². The first-order valence-electron chi connectivity index (χ1n) is 12.8. The van der Waals surface area contributed by atoms with Crippen LogP contribution >= 0.6 is 0 Å². The molecule has 0 fully saturated rings. The van der Waals surface area contributed by atoms with Gasteiger partial charge in [0.25, 0.3) is 10.0 Å². The molecule has 3 aromatic carbocycles. The fourth-order valence-electron chi connectivity index (χ4n) is 4.31. The van der Waals surface area contributed by atoms with Crippen LogP contribution in [0.3, 0.4) is 0 Å². The summed E-state index contributed by atoms with van der Waals surface area (Å²) in [5.74, 6) is -0.724. The number of nitrogens with zero attached hydrogens (tertiary/aromatic N) is 2. The molecule has 3 aromatic rings. The second kappa shape index (κ2) is 12.7. The van der Waals surface area contributed by atoms with Crippen LogP contribution in [0.5, 0.6) is 0 Å². The van der Waals surface area contributed by atoms with Crippen LogP contribution in [0.1, 0.15) is 35.6 Å². The quantitative estimate of drug-likeness (QED) is 0.394. The first-order chi connectivity index (χ1) is 18.1. The highest BCUT2D eigenvalue weighted by atomic mass is 32.2. The summed E-state index contributed by atoms with van der Waals surface area (Å²) in [6.07, 6.45) is 0.934. The summed E-state index contributed by atoms with van der Waals surface area (Å²) in [4.78, 5) is 28.2.